The zero-order chi connectivity index (χ0) is 24.6. The monoisotopic (exact) mass is 493 g/mol. The summed E-state index contributed by atoms with van der Waals surface area (Å²) in [5.41, 5.74) is 3.75. The highest BCUT2D eigenvalue weighted by atomic mass is 35.5. The second-order valence-electron chi connectivity index (χ2n) is 8.37. The molecule has 1 aromatic heterocycles. The maximum absolute atomic E-state index is 13.7. The lowest BCUT2D eigenvalue weighted by Crippen LogP contribution is -2.36. The van der Waals surface area contributed by atoms with Gasteiger partial charge in [-0.3, -0.25) is 14.2 Å². The molecular weight excluding hydrogens is 469 g/mol. The van der Waals surface area contributed by atoms with Crippen molar-refractivity contribution in [3.05, 3.63) is 104 Å². The van der Waals surface area contributed by atoms with Crippen LogP contribution in [0.1, 0.15) is 46.7 Å². The van der Waals surface area contributed by atoms with E-state index in [1.807, 2.05) is 57.2 Å². The first-order valence-electron chi connectivity index (χ1n) is 11.0. The normalized spacial score (nSPS) is 12.1. The Kier molecular flexibility index (Phi) is 6.78. The van der Waals surface area contributed by atoms with E-state index in [2.05, 4.69) is 0 Å². The van der Waals surface area contributed by atoms with Crippen molar-refractivity contribution in [2.75, 3.05) is 7.05 Å². The molecule has 0 bridgehead atoms. The molecule has 7 heteroatoms. The Morgan fingerprint density at radius 3 is 2.41 bits per heavy atom. The highest BCUT2D eigenvalue weighted by Gasteiger charge is 2.27. The molecule has 4 rings (SSSR count). The van der Waals surface area contributed by atoms with E-state index in [9.17, 15) is 9.59 Å². The molecule has 1 unspecified atom stereocenters. The summed E-state index contributed by atoms with van der Waals surface area (Å²) >= 11 is 12.2. The van der Waals surface area contributed by atoms with E-state index in [0.29, 0.717) is 38.8 Å². The van der Waals surface area contributed by atoms with Gasteiger partial charge < -0.3 is 4.90 Å². The Balaban J connectivity index is 1.91. The van der Waals surface area contributed by atoms with Gasteiger partial charge in [0.1, 0.15) is 5.82 Å². The minimum atomic E-state index is -0.458. The molecule has 0 fully saturated rings. The Morgan fingerprint density at radius 2 is 1.74 bits per heavy atom. The van der Waals surface area contributed by atoms with E-state index in [1.54, 1.807) is 40.8 Å². The van der Waals surface area contributed by atoms with Gasteiger partial charge in [-0.1, -0.05) is 48.3 Å². The van der Waals surface area contributed by atoms with E-state index in [-0.39, 0.29) is 11.5 Å². The average Bonchev–Trinajstić information content (AvgIpc) is 2.83. The molecule has 1 atom stereocenters. The minimum absolute atomic E-state index is 0.169. The molecule has 0 saturated heterocycles. The van der Waals surface area contributed by atoms with Crippen molar-refractivity contribution in [2.24, 2.45) is 0 Å². The van der Waals surface area contributed by atoms with Crippen LogP contribution in [0, 0.1) is 13.8 Å². The fourth-order valence-corrected chi connectivity index (χ4v) is 4.39. The van der Waals surface area contributed by atoms with Gasteiger partial charge in [0.25, 0.3) is 11.5 Å². The standard InChI is InChI=1S/C27H25Cl2N3O2/c1-5-24(31(4)26(33)18-11-13-21(28)22(29)15-18)25-30-23-9-7-6-8-20(23)27(34)32(25)19-12-10-16(2)17(3)14-19/h6-15,24H,5H2,1-4H3. The van der Waals surface area contributed by atoms with Crippen LogP contribution in [0.2, 0.25) is 10.0 Å². The number of carbonyl (C=O) groups is 1. The molecule has 5 nitrogen and oxygen atoms in total. The van der Waals surface area contributed by atoms with Gasteiger partial charge in [-0.2, -0.15) is 0 Å². The SMILES string of the molecule is CCC(c1nc2ccccc2c(=O)n1-c1ccc(C)c(C)c1)N(C)C(=O)c1ccc(Cl)c(Cl)c1. The molecule has 34 heavy (non-hydrogen) atoms. The number of hydrogen-bond donors (Lipinski definition) is 0. The first-order valence-corrected chi connectivity index (χ1v) is 11.8. The molecule has 0 radical (unpaired) electrons. The second-order valence-corrected chi connectivity index (χ2v) is 9.18. The number of para-hydroxylation sites is 1. The van der Waals surface area contributed by atoms with Crippen LogP contribution >= 0.6 is 23.2 Å². The first kappa shape index (κ1) is 24.0. The van der Waals surface area contributed by atoms with Gasteiger partial charge in [-0.25, -0.2) is 4.98 Å². The van der Waals surface area contributed by atoms with Crippen LogP contribution in [0.25, 0.3) is 16.6 Å². The number of amides is 1. The smallest absolute Gasteiger partial charge is 0.266 e. The van der Waals surface area contributed by atoms with Gasteiger partial charge in [0.2, 0.25) is 0 Å². The predicted octanol–water partition coefficient (Wildman–Crippen LogP) is 6.53. The summed E-state index contributed by atoms with van der Waals surface area (Å²) in [6.07, 6.45) is 0.555. The Morgan fingerprint density at radius 1 is 1.00 bits per heavy atom. The number of halogens is 2. The van der Waals surface area contributed by atoms with E-state index in [1.165, 1.54) is 0 Å². The maximum Gasteiger partial charge on any atom is 0.266 e. The van der Waals surface area contributed by atoms with Gasteiger partial charge in [0, 0.05) is 12.6 Å². The number of aromatic nitrogens is 2. The highest BCUT2D eigenvalue weighted by molar-refractivity contribution is 6.42. The molecular formula is C27H25Cl2N3O2. The molecule has 0 aliphatic heterocycles. The van der Waals surface area contributed by atoms with Crippen molar-refractivity contribution >= 4 is 40.0 Å². The van der Waals surface area contributed by atoms with Crippen LogP contribution < -0.4 is 5.56 Å². The summed E-state index contributed by atoms with van der Waals surface area (Å²) in [5.74, 6) is 0.268. The molecule has 174 valence electrons. The Bertz CT molecular complexity index is 1460. The third kappa shape index (κ3) is 4.33. The summed E-state index contributed by atoms with van der Waals surface area (Å²) < 4.78 is 1.63. The second kappa shape index (κ2) is 9.61. The van der Waals surface area contributed by atoms with Crippen molar-refractivity contribution < 1.29 is 4.79 Å². The van der Waals surface area contributed by atoms with Gasteiger partial charge >= 0.3 is 0 Å². The van der Waals surface area contributed by atoms with Gasteiger partial charge in [-0.05, 0) is 73.9 Å². The lowest BCUT2D eigenvalue weighted by atomic mass is 10.1. The third-order valence-corrected chi connectivity index (χ3v) is 6.93. The van der Waals surface area contributed by atoms with Crippen molar-refractivity contribution in [3.8, 4) is 5.69 Å². The van der Waals surface area contributed by atoms with Crippen LogP contribution in [-0.2, 0) is 0 Å². The number of aryl methyl sites for hydroxylation is 2. The van der Waals surface area contributed by atoms with Gasteiger partial charge in [0.15, 0.2) is 0 Å². The van der Waals surface area contributed by atoms with Gasteiger partial charge in [0.05, 0.1) is 32.7 Å². The van der Waals surface area contributed by atoms with Crippen molar-refractivity contribution in [1.82, 2.24) is 14.5 Å². The van der Waals surface area contributed by atoms with E-state index >= 15 is 0 Å². The summed E-state index contributed by atoms with van der Waals surface area (Å²) in [6, 6.07) is 17.5. The van der Waals surface area contributed by atoms with Crippen LogP contribution in [0.5, 0.6) is 0 Å². The van der Waals surface area contributed by atoms with Crippen LogP contribution in [0.4, 0.5) is 0 Å². The topological polar surface area (TPSA) is 55.2 Å². The fraction of sp³-hybridized carbons (Fsp3) is 0.222. The molecule has 0 N–H and O–H groups in total. The van der Waals surface area contributed by atoms with Gasteiger partial charge in [-0.15, -0.1) is 0 Å². The molecule has 4 aromatic rings. The number of carbonyl (C=O) groups excluding carboxylic acids is 1. The molecule has 0 spiro atoms. The molecule has 1 heterocycles. The number of rotatable bonds is 5. The maximum atomic E-state index is 13.7. The third-order valence-electron chi connectivity index (χ3n) is 6.19. The summed E-state index contributed by atoms with van der Waals surface area (Å²) in [7, 11) is 1.71. The molecule has 1 amide bonds. The van der Waals surface area contributed by atoms with Crippen molar-refractivity contribution in [2.45, 2.75) is 33.2 Å². The van der Waals surface area contributed by atoms with Crippen LogP contribution in [0.3, 0.4) is 0 Å². The fourth-order valence-electron chi connectivity index (χ4n) is 4.09. The summed E-state index contributed by atoms with van der Waals surface area (Å²) in [6.45, 7) is 6.00. The Labute approximate surface area is 208 Å². The van der Waals surface area contributed by atoms with Crippen molar-refractivity contribution in [3.63, 3.8) is 0 Å². The molecule has 0 aliphatic carbocycles. The summed E-state index contributed by atoms with van der Waals surface area (Å²) in [4.78, 5) is 33.6. The largest absolute Gasteiger partial charge is 0.332 e. The van der Waals surface area contributed by atoms with E-state index in [0.717, 1.165) is 16.8 Å². The molecule has 0 saturated carbocycles. The van der Waals surface area contributed by atoms with Crippen molar-refractivity contribution in [1.29, 1.82) is 0 Å². The highest BCUT2D eigenvalue weighted by Crippen LogP contribution is 2.28. The quantitative estimate of drug-likeness (QED) is 0.317. The average molecular weight is 494 g/mol. The van der Waals surface area contributed by atoms with E-state index in [4.69, 9.17) is 28.2 Å². The predicted molar refractivity (Wildman–Crippen MR) is 138 cm³/mol. The number of hydrogen-bond acceptors (Lipinski definition) is 3. The van der Waals surface area contributed by atoms with Crippen LogP contribution in [0.15, 0.2) is 65.5 Å². The molecule has 0 aliphatic rings. The van der Waals surface area contributed by atoms with Crippen LogP contribution in [-0.4, -0.2) is 27.4 Å². The summed E-state index contributed by atoms with van der Waals surface area (Å²) in [5, 5.41) is 1.22. The number of nitrogens with zero attached hydrogens (tertiary/aromatic N) is 3. The zero-order valence-electron chi connectivity index (χ0n) is 19.5. The number of fused-ring (bicyclic) bond motifs is 1. The Hall–Kier alpha value is -3.15. The molecule has 3 aromatic carbocycles. The lowest BCUT2D eigenvalue weighted by molar-refractivity contribution is 0.0717. The lowest BCUT2D eigenvalue weighted by Gasteiger charge is -2.29. The first-order chi connectivity index (χ1) is 16.2. The number of benzene rings is 3. The van der Waals surface area contributed by atoms with E-state index < -0.39 is 6.04 Å². The zero-order valence-corrected chi connectivity index (χ0v) is 21.0. The minimum Gasteiger partial charge on any atom is -0.332 e.